The molecule has 1 aliphatic rings. The monoisotopic (exact) mass is 279 g/mol. The van der Waals surface area contributed by atoms with E-state index in [1.165, 1.54) is 6.08 Å². The molecule has 0 aliphatic carbocycles. The van der Waals surface area contributed by atoms with Crippen molar-refractivity contribution in [3.8, 4) is 0 Å². The Kier molecular flexibility index (Phi) is 6.36. The second-order valence-electron chi connectivity index (χ2n) is 4.25. The van der Waals surface area contributed by atoms with Crippen molar-refractivity contribution in [3.63, 3.8) is 0 Å². The van der Waals surface area contributed by atoms with Crippen molar-refractivity contribution >= 4 is 23.9 Å². The number of aldehydes is 1. The van der Waals surface area contributed by atoms with Gasteiger partial charge in [-0.15, -0.1) is 0 Å². The van der Waals surface area contributed by atoms with Crippen LogP contribution in [0.2, 0.25) is 0 Å². The zero-order valence-electron chi connectivity index (χ0n) is 11.3. The van der Waals surface area contributed by atoms with E-state index >= 15 is 0 Å². The highest BCUT2D eigenvalue weighted by molar-refractivity contribution is 6.32. The molecular weight excluding hydrogens is 262 g/mol. The molecule has 1 atom stereocenters. The lowest BCUT2D eigenvalue weighted by molar-refractivity contribution is -0.145. The molecule has 0 radical (unpaired) electrons. The van der Waals surface area contributed by atoms with E-state index in [9.17, 15) is 19.2 Å². The van der Waals surface area contributed by atoms with Crippen LogP contribution in [-0.2, 0) is 23.9 Å². The number of carbonyl (C=O) groups excluding carboxylic acids is 4. The lowest BCUT2D eigenvalue weighted by atomic mass is 10.2. The topological polar surface area (TPSA) is 89.5 Å². The van der Waals surface area contributed by atoms with Gasteiger partial charge in [0.1, 0.15) is 6.04 Å². The van der Waals surface area contributed by atoms with Gasteiger partial charge in [-0.3, -0.25) is 14.4 Å². The predicted octanol–water partition coefficient (Wildman–Crippen LogP) is 0.816. The fourth-order valence-corrected chi connectivity index (χ4v) is 1.66. The van der Waals surface area contributed by atoms with Crippen LogP contribution in [0.15, 0.2) is 24.0 Å². The Labute approximate surface area is 116 Å². The molecule has 0 saturated carbocycles. The number of ketones is 1. The summed E-state index contributed by atoms with van der Waals surface area (Å²) in [4.78, 5) is 44.6. The van der Waals surface area contributed by atoms with Gasteiger partial charge in [-0.05, 0) is 25.3 Å². The molecule has 0 bridgehead atoms. The van der Waals surface area contributed by atoms with Crippen molar-refractivity contribution in [1.29, 1.82) is 0 Å². The van der Waals surface area contributed by atoms with Crippen molar-refractivity contribution in [2.45, 2.75) is 38.6 Å². The third-order valence-corrected chi connectivity index (χ3v) is 2.68. The van der Waals surface area contributed by atoms with Crippen molar-refractivity contribution in [3.05, 3.63) is 24.0 Å². The average molecular weight is 279 g/mol. The number of allylic oxidation sites excluding steroid dienone is 4. The maximum atomic E-state index is 11.7. The molecule has 1 rings (SSSR count). The first-order valence-electron chi connectivity index (χ1n) is 6.44. The van der Waals surface area contributed by atoms with E-state index in [-0.39, 0.29) is 24.4 Å². The minimum atomic E-state index is -0.896. The van der Waals surface area contributed by atoms with Gasteiger partial charge in [0.2, 0.25) is 5.91 Å². The highest BCUT2D eigenvalue weighted by Crippen LogP contribution is 2.11. The molecular formula is C14H17NO5. The molecule has 6 nitrogen and oxygen atoms in total. The quantitative estimate of drug-likeness (QED) is 0.186. The first kappa shape index (κ1) is 15.8. The average Bonchev–Trinajstić information content (AvgIpc) is 2.88. The zero-order valence-corrected chi connectivity index (χ0v) is 11.3. The third-order valence-electron chi connectivity index (χ3n) is 2.68. The fourth-order valence-electron chi connectivity index (χ4n) is 1.66. The largest absolute Gasteiger partial charge is 0.421 e. The molecule has 1 amide bonds. The van der Waals surface area contributed by atoms with Gasteiger partial charge in [0, 0.05) is 6.42 Å². The first-order chi connectivity index (χ1) is 9.58. The van der Waals surface area contributed by atoms with E-state index in [2.05, 4.69) is 5.32 Å². The van der Waals surface area contributed by atoms with Crippen LogP contribution in [0.5, 0.6) is 0 Å². The Bertz CT molecular complexity index is 464. The van der Waals surface area contributed by atoms with E-state index in [0.29, 0.717) is 12.8 Å². The number of hydrogen-bond donors (Lipinski definition) is 1. The molecule has 0 aromatic heterocycles. The zero-order chi connectivity index (χ0) is 15.0. The number of rotatable bonds is 7. The van der Waals surface area contributed by atoms with Crippen LogP contribution in [0.1, 0.15) is 32.6 Å². The van der Waals surface area contributed by atoms with Crippen LogP contribution in [0.25, 0.3) is 0 Å². The van der Waals surface area contributed by atoms with E-state index in [0.717, 1.165) is 6.42 Å². The van der Waals surface area contributed by atoms with E-state index < -0.39 is 17.8 Å². The molecule has 1 saturated heterocycles. The second kappa shape index (κ2) is 8.04. The Hall–Kier alpha value is -2.24. The Morgan fingerprint density at radius 1 is 1.40 bits per heavy atom. The number of amides is 1. The van der Waals surface area contributed by atoms with E-state index in [4.69, 9.17) is 4.74 Å². The van der Waals surface area contributed by atoms with Crippen LogP contribution in [0.3, 0.4) is 0 Å². The van der Waals surface area contributed by atoms with Crippen LogP contribution >= 0.6 is 0 Å². The smallest absolute Gasteiger partial charge is 0.334 e. The Morgan fingerprint density at radius 3 is 2.70 bits per heavy atom. The van der Waals surface area contributed by atoms with Crippen LogP contribution < -0.4 is 5.32 Å². The summed E-state index contributed by atoms with van der Waals surface area (Å²) in [6, 6.07) is -0.753. The van der Waals surface area contributed by atoms with Crippen molar-refractivity contribution < 1.29 is 23.9 Å². The van der Waals surface area contributed by atoms with E-state index in [1.807, 2.05) is 13.0 Å². The SMILES string of the molecule is CCC=CCC=C(OC(=O)C1CCC(=O)N1)C(=O)C=O. The van der Waals surface area contributed by atoms with E-state index in [1.54, 1.807) is 6.08 Å². The summed E-state index contributed by atoms with van der Waals surface area (Å²) in [7, 11) is 0. The number of Topliss-reactive ketones (excluding diaryl/α,β-unsaturated/α-hetero) is 1. The number of hydrogen-bond acceptors (Lipinski definition) is 5. The van der Waals surface area contributed by atoms with Gasteiger partial charge >= 0.3 is 5.97 Å². The lowest BCUT2D eigenvalue weighted by Crippen LogP contribution is -2.35. The van der Waals surface area contributed by atoms with Crippen molar-refractivity contribution in [1.82, 2.24) is 5.32 Å². The van der Waals surface area contributed by atoms with Crippen LogP contribution in [-0.4, -0.2) is 30.0 Å². The van der Waals surface area contributed by atoms with Gasteiger partial charge in [0.05, 0.1) is 0 Å². The number of ether oxygens (including phenoxy) is 1. The standard InChI is InChI=1S/C14H17NO5/c1-2-3-4-5-6-12(11(17)9-16)20-14(19)10-7-8-13(18)15-10/h3-4,6,9-10H,2,5,7-8H2,1H3,(H,15,18). The summed E-state index contributed by atoms with van der Waals surface area (Å²) in [6.45, 7) is 1.96. The Morgan fingerprint density at radius 2 is 2.15 bits per heavy atom. The molecule has 1 heterocycles. The van der Waals surface area contributed by atoms with Gasteiger partial charge in [-0.2, -0.15) is 0 Å². The molecule has 1 fully saturated rings. The van der Waals surface area contributed by atoms with Gasteiger partial charge in [0.25, 0.3) is 5.78 Å². The number of carbonyl (C=O) groups is 4. The highest BCUT2D eigenvalue weighted by atomic mass is 16.5. The van der Waals surface area contributed by atoms with Gasteiger partial charge < -0.3 is 10.1 Å². The normalized spacial score (nSPS) is 18.9. The second-order valence-corrected chi connectivity index (χ2v) is 4.25. The third kappa shape index (κ3) is 4.79. The molecule has 0 spiro atoms. The van der Waals surface area contributed by atoms with Gasteiger partial charge in [-0.1, -0.05) is 19.1 Å². The Balaban J connectivity index is 2.66. The minimum absolute atomic E-state index is 0.0931. The van der Waals surface area contributed by atoms with Gasteiger partial charge in [-0.25, -0.2) is 4.79 Å². The number of nitrogens with one attached hydrogen (secondary N) is 1. The van der Waals surface area contributed by atoms with Crippen LogP contribution in [0, 0.1) is 0 Å². The van der Waals surface area contributed by atoms with Crippen LogP contribution in [0.4, 0.5) is 0 Å². The summed E-state index contributed by atoms with van der Waals surface area (Å²) in [6.07, 6.45) is 6.95. The molecule has 20 heavy (non-hydrogen) atoms. The molecule has 6 heteroatoms. The van der Waals surface area contributed by atoms with Crippen molar-refractivity contribution in [2.75, 3.05) is 0 Å². The summed E-state index contributed by atoms with van der Waals surface area (Å²) in [5.41, 5.74) is 0. The minimum Gasteiger partial charge on any atom is -0.421 e. The van der Waals surface area contributed by atoms with Gasteiger partial charge in [0.15, 0.2) is 12.0 Å². The molecule has 108 valence electrons. The molecule has 1 N–H and O–H groups in total. The molecule has 0 aromatic carbocycles. The highest BCUT2D eigenvalue weighted by Gasteiger charge is 2.30. The first-order valence-corrected chi connectivity index (χ1v) is 6.44. The summed E-state index contributed by atoms with van der Waals surface area (Å²) in [5, 5.41) is 2.44. The fraction of sp³-hybridized carbons (Fsp3) is 0.429. The predicted molar refractivity (Wildman–Crippen MR) is 70.5 cm³/mol. The summed E-state index contributed by atoms with van der Waals surface area (Å²) in [5.74, 6) is -2.15. The maximum absolute atomic E-state index is 11.7. The lowest BCUT2D eigenvalue weighted by Gasteiger charge is -2.10. The molecule has 0 aromatic rings. The maximum Gasteiger partial charge on any atom is 0.334 e. The number of esters is 1. The molecule has 1 unspecified atom stereocenters. The molecule has 1 aliphatic heterocycles. The van der Waals surface area contributed by atoms with Crippen molar-refractivity contribution in [2.24, 2.45) is 0 Å². The summed E-state index contributed by atoms with van der Waals surface area (Å²) < 4.78 is 4.91. The summed E-state index contributed by atoms with van der Waals surface area (Å²) >= 11 is 0.